The van der Waals surface area contributed by atoms with Crippen molar-refractivity contribution in [3.05, 3.63) is 24.3 Å². The van der Waals surface area contributed by atoms with Crippen molar-refractivity contribution in [3.63, 3.8) is 0 Å². The summed E-state index contributed by atoms with van der Waals surface area (Å²) in [5, 5.41) is 0. The molecule has 1 fully saturated rings. The first-order valence-electron chi connectivity index (χ1n) is 7.50. The lowest BCUT2D eigenvalue weighted by molar-refractivity contribution is -0.142. The molecule has 0 radical (unpaired) electrons. The highest BCUT2D eigenvalue weighted by Crippen LogP contribution is 2.34. The fourth-order valence-corrected chi connectivity index (χ4v) is 3.88. The van der Waals surface area contributed by atoms with Crippen LogP contribution in [0.5, 0.6) is 0 Å². The molecule has 6 heteroatoms. The highest BCUT2D eigenvalue weighted by molar-refractivity contribution is 8.00. The van der Waals surface area contributed by atoms with Crippen molar-refractivity contribution in [2.45, 2.75) is 31.0 Å². The maximum Gasteiger partial charge on any atom is 0.242 e. The van der Waals surface area contributed by atoms with Crippen LogP contribution in [0, 0.1) is 0 Å². The van der Waals surface area contributed by atoms with Crippen LogP contribution in [-0.2, 0) is 14.3 Å². The number of carbonyl (C=O) groups excluding carboxylic acids is 2. The predicted molar refractivity (Wildman–Crippen MR) is 86.1 cm³/mol. The number of fused-ring (bicyclic) bond motifs is 1. The lowest BCUT2D eigenvalue weighted by Crippen LogP contribution is -2.52. The number of para-hydroxylation sites is 1. The molecule has 2 heterocycles. The summed E-state index contributed by atoms with van der Waals surface area (Å²) in [6.07, 6.45) is 0.0696. The number of rotatable bonds is 2. The number of hydrogen-bond donors (Lipinski definition) is 0. The molecule has 0 aromatic heterocycles. The van der Waals surface area contributed by atoms with Gasteiger partial charge in [0.25, 0.3) is 0 Å². The zero-order valence-corrected chi connectivity index (χ0v) is 13.6. The van der Waals surface area contributed by atoms with E-state index in [2.05, 4.69) is 0 Å². The van der Waals surface area contributed by atoms with Gasteiger partial charge in [0.15, 0.2) is 0 Å². The van der Waals surface area contributed by atoms with Crippen LogP contribution in [0.3, 0.4) is 0 Å². The summed E-state index contributed by atoms with van der Waals surface area (Å²) >= 11 is 1.53. The molecule has 2 aliphatic heterocycles. The van der Waals surface area contributed by atoms with Crippen molar-refractivity contribution in [1.29, 1.82) is 0 Å². The van der Waals surface area contributed by atoms with Crippen molar-refractivity contribution in [1.82, 2.24) is 4.90 Å². The van der Waals surface area contributed by atoms with E-state index in [1.54, 1.807) is 9.80 Å². The van der Waals surface area contributed by atoms with E-state index in [4.69, 9.17) is 4.74 Å². The molecule has 1 saturated heterocycles. The number of amides is 2. The Kier molecular flexibility index (Phi) is 4.40. The first-order valence-corrected chi connectivity index (χ1v) is 8.48. The van der Waals surface area contributed by atoms with E-state index < -0.39 is 0 Å². The van der Waals surface area contributed by atoms with Crippen molar-refractivity contribution >= 4 is 29.3 Å². The topological polar surface area (TPSA) is 49.9 Å². The fourth-order valence-electron chi connectivity index (χ4n) is 2.94. The fraction of sp³-hybridized carbons (Fsp3) is 0.500. The average Bonchev–Trinajstić information content (AvgIpc) is 2.49. The third-order valence-electron chi connectivity index (χ3n) is 3.87. The van der Waals surface area contributed by atoms with Crippen LogP contribution in [0.2, 0.25) is 0 Å². The molecule has 2 aliphatic rings. The molecule has 0 unspecified atom stereocenters. The normalized spacial score (nSPS) is 25.1. The number of benzene rings is 1. The van der Waals surface area contributed by atoms with Gasteiger partial charge in [-0.25, -0.2) is 0 Å². The Bertz CT molecular complexity index is 583. The summed E-state index contributed by atoms with van der Waals surface area (Å²) < 4.78 is 5.66. The second-order valence-corrected chi connectivity index (χ2v) is 6.81. The van der Waals surface area contributed by atoms with Gasteiger partial charge in [0, 0.05) is 18.0 Å². The van der Waals surface area contributed by atoms with Gasteiger partial charge < -0.3 is 14.5 Å². The van der Waals surface area contributed by atoms with Crippen LogP contribution in [0.25, 0.3) is 0 Å². The zero-order valence-electron chi connectivity index (χ0n) is 12.8. The number of thioether (sulfide) groups is 1. The van der Waals surface area contributed by atoms with Gasteiger partial charge in [-0.3, -0.25) is 9.59 Å². The molecule has 0 N–H and O–H groups in total. The standard InChI is InChI=1S/C16H20N2O3S/c1-11-7-17(8-12(2)21-11)15(19)9-18-13-5-3-4-6-14(13)22-10-16(18)20/h3-6,11-12H,7-10H2,1-2H3/t11-,12-/m1/s1. The molecule has 0 aliphatic carbocycles. The molecule has 2 amide bonds. The van der Waals surface area contributed by atoms with Crippen LogP contribution >= 0.6 is 11.8 Å². The molecular formula is C16H20N2O3S. The lowest BCUT2D eigenvalue weighted by Gasteiger charge is -2.37. The van der Waals surface area contributed by atoms with Crippen LogP contribution in [0.4, 0.5) is 5.69 Å². The van der Waals surface area contributed by atoms with Crippen LogP contribution < -0.4 is 4.90 Å². The van der Waals surface area contributed by atoms with Gasteiger partial charge in [-0.1, -0.05) is 12.1 Å². The van der Waals surface area contributed by atoms with E-state index in [1.165, 1.54) is 11.8 Å². The van der Waals surface area contributed by atoms with Crippen LogP contribution in [0.1, 0.15) is 13.8 Å². The van der Waals surface area contributed by atoms with Gasteiger partial charge in [0.1, 0.15) is 6.54 Å². The van der Waals surface area contributed by atoms with Crippen molar-refractivity contribution in [2.24, 2.45) is 0 Å². The highest BCUT2D eigenvalue weighted by Gasteiger charge is 2.31. The summed E-state index contributed by atoms with van der Waals surface area (Å²) in [5.74, 6) is 0.365. The van der Waals surface area contributed by atoms with Crippen LogP contribution in [0.15, 0.2) is 29.2 Å². The number of hydrogen-bond acceptors (Lipinski definition) is 4. The Labute approximate surface area is 134 Å². The third-order valence-corrected chi connectivity index (χ3v) is 4.92. The lowest BCUT2D eigenvalue weighted by atomic mass is 10.2. The van der Waals surface area contributed by atoms with E-state index in [9.17, 15) is 9.59 Å². The molecule has 0 saturated carbocycles. The molecule has 0 spiro atoms. The number of anilines is 1. The molecule has 5 nitrogen and oxygen atoms in total. The maximum atomic E-state index is 12.6. The molecule has 0 bridgehead atoms. The minimum absolute atomic E-state index is 0.00796. The van der Waals surface area contributed by atoms with E-state index in [-0.39, 0.29) is 30.6 Å². The molecule has 1 aromatic carbocycles. The Morgan fingerprint density at radius 3 is 2.68 bits per heavy atom. The monoisotopic (exact) mass is 320 g/mol. The molecule has 2 atom stereocenters. The molecule has 118 valence electrons. The molecule has 3 rings (SSSR count). The van der Waals surface area contributed by atoms with E-state index in [0.29, 0.717) is 18.8 Å². The Morgan fingerprint density at radius 2 is 1.95 bits per heavy atom. The second-order valence-electron chi connectivity index (χ2n) is 5.79. The van der Waals surface area contributed by atoms with Crippen LogP contribution in [-0.4, -0.2) is 54.3 Å². The zero-order chi connectivity index (χ0) is 15.7. The molecule has 1 aromatic rings. The minimum atomic E-state index is -0.0166. The van der Waals surface area contributed by atoms with Gasteiger partial charge in [-0.15, -0.1) is 11.8 Å². The summed E-state index contributed by atoms with van der Waals surface area (Å²) in [6, 6.07) is 7.74. The number of ether oxygens (including phenoxy) is 1. The minimum Gasteiger partial charge on any atom is -0.372 e. The average molecular weight is 320 g/mol. The van der Waals surface area contributed by atoms with Crippen molar-refractivity contribution in [3.8, 4) is 0 Å². The largest absolute Gasteiger partial charge is 0.372 e. The van der Waals surface area contributed by atoms with Gasteiger partial charge in [0.05, 0.1) is 23.6 Å². The molecule has 22 heavy (non-hydrogen) atoms. The molecular weight excluding hydrogens is 300 g/mol. The second kappa shape index (κ2) is 6.30. The summed E-state index contributed by atoms with van der Waals surface area (Å²) in [6.45, 7) is 5.21. The predicted octanol–water partition coefficient (Wildman–Crippen LogP) is 1.76. The number of morpholine rings is 1. The number of nitrogens with zero attached hydrogens (tertiary/aromatic N) is 2. The smallest absolute Gasteiger partial charge is 0.242 e. The van der Waals surface area contributed by atoms with Crippen molar-refractivity contribution in [2.75, 3.05) is 30.3 Å². The Morgan fingerprint density at radius 1 is 1.27 bits per heavy atom. The SMILES string of the molecule is C[C@@H]1CN(C(=O)CN2C(=O)CSc3ccccc32)C[C@@H](C)O1. The summed E-state index contributed by atoms with van der Waals surface area (Å²) in [4.78, 5) is 29.3. The Hall–Kier alpha value is -1.53. The van der Waals surface area contributed by atoms with E-state index in [1.807, 2.05) is 38.1 Å². The van der Waals surface area contributed by atoms with E-state index in [0.717, 1.165) is 10.6 Å². The summed E-state index contributed by atoms with van der Waals surface area (Å²) in [5.41, 5.74) is 0.839. The Balaban J connectivity index is 1.75. The van der Waals surface area contributed by atoms with Gasteiger partial charge in [-0.2, -0.15) is 0 Å². The third kappa shape index (κ3) is 3.13. The highest BCUT2D eigenvalue weighted by atomic mass is 32.2. The first-order chi connectivity index (χ1) is 10.5. The summed E-state index contributed by atoms with van der Waals surface area (Å²) in [7, 11) is 0. The van der Waals surface area contributed by atoms with E-state index >= 15 is 0 Å². The van der Waals surface area contributed by atoms with Gasteiger partial charge >= 0.3 is 0 Å². The quantitative estimate of drug-likeness (QED) is 0.833. The van der Waals surface area contributed by atoms with Gasteiger partial charge in [0.2, 0.25) is 11.8 Å². The van der Waals surface area contributed by atoms with Gasteiger partial charge in [-0.05, 0) is 26.0 Å². The first kappa shape index (κ1) is 15.4. The maximum absolute atomic E-state index is 12.6. The van der Waals surface area contributed by atoms with Crippen molar-refractivity contribution < 1.29 is 14.3 Å². The number of carbonyl (C=O) groups is 2.